The first-order chi connectivity index (χ1) is 6.79. The summed E-state index contributed by atoms with van der Waals surface area (Å²) in [6.07, 6.45) is 1.78. The summed E-state index contributed by atoms with van der Waals surface area (Å²) in [6.45, 7) is 0.106. The predicted molar refractivity (Wildman–Crippen MR) is 56.6 cm³/mol. The second-order valence-corrected chi connectivity index (χ2v) is 3.35. The average Bonchev–Trinajstić information content (AvgIpc) is 2.26. The maximum atomic E-state index is 11.7. The van der Waals surface area contributed by atoms with Gasteiger partial charge in [-0.2, -0.15) is 5.26 Å². The highest BCUT2D eigenvalue weighted by Gasteiger charge is 2.13. The minimum absolute atomic E-state index is 0.106. The molecular weight excluding hydrogens is 196 g/mol. The molecule has 4 heteroatoms. The first-order valence-electron chi connectivity index (χ1n) is 4.07. The van der Waals surface area contributed by atoms with Crippen LogP contribution in [0.2, 0.25) is 0 Å². The van der Waals surface area contributed by atoms with Gasteiger partial charge in [0.15, 0.2) is 0 Å². The topological polar surface area (TPSA) is 44.1 Å². The van der Waals surface area contributed by atoms with Crippen molar-refractivity contribution in [2.75, 3.05) is 12.8 Å². The van der Waals surface area contributed by atoms with Crippen LogP contribution >= 0.6 is 11.9 Å². The summed E-state index contributed by atoms with van der Waals surface area (Å²) >= 11 is 1.26. The van der Waals surface area contributed by atoms with E-state index in [2.05, 4.69) is 0 Å². The number of benzene rings is 1. The minimum atomic E-state index is -0.125. The van der Waals surface area contributed by atoms with Crippen LogP contribution < -0.4 is 0 Å². The molecule has 0 heterocycles. The Bertz CT molecular complexity index is 345. The molecule has 0 saturated carbocycles. The van der Waals surface area contributed by atoms with Crippen molar-refractivity contribution in [3.63, 3.8) is 0 Å². The summed E-state index contributed by atoms with van der Waals surface area (Å²) in [5.41, 5.74) is 0.608. The normalized spacial score (nSPS) is 9.14. The number of nitriles is 1. The molecule has 1 amide bonds. The Labute approximate surface area is 87.5 Å². The molecule has 0 aromatic heterocycles. The Morgan fingerprint density at radius 3 is 2.64 bits per heavy atom. The predicted octanol–water partition coefficient (Wildman–Crippen LogP) is 1.93. The fourth-order valence-corrected chi connectivity index (χ4v) is 1.47. The summed E-state index contributed by atoms with van der Waals surface area (Å²) in [5, 5.41) is 8.51. The first kappa shape index (κ1) is 10.6. The van der Waals surface area contributed by atoms with Crippen LogP contribution in [0.5, 0.6) is 0 Å². The molecular formula is C10H10N2OS. The molecule has 0 radical (unpaired) electrons. The number of carbonyl (C=O) groups is 1. The highest BCUT2D eigenvalue weighted by molar-refractivity contribution is 7.96. The molecule has 0 saturated heterocycles. The van der Waals surface area contributed by atoms with Crippen LogP contribution in [0.25, 0.3) is 0 Å². The van der Waals surface area contributed by atoms with E-state index < -0.39 is 0 Å². The van der Waals surface area contributed by atoms with Gasteiger partial charge in [0, 0.05) is 11.8 Å². The average molecular weight is 206 g/mol. The highest BCUT2D eigenvalue weighted by atomic mass is 32.2. The number of rotatable bonds is 3. The van der Waals surface area contributed by atoms with Gasteiger partial charge in [-0.05, 0) is 24.1 Å². The van der Waals surface area contributed by atoms with Gasteiger partial charge in [-0.1, -0.05) is 18.2 Å². The molecule has 1 aromatic rings. The molecule has 0 fully saturated rings. The monoisotopic (exact) mass is 206 g/mol. The first-order valence-corrected chi connectivity index (χ1v) is 5.25. The lowest BCUT2D eigenvalue weighted by Crippen LogP contribution is -2.24. The van der Waals surface area contributed by atoms with Crippen molar-refractivity contribution in [1.29, 1.82) is 5.26 Å². The smallest absolute Gasteiger partial charge is 0.264 e. The van der Waals surface area contributed by atoms with Gasteiger partial charge in [0.1, 0.15) is 6.54 Å². The molecule has 0 N–H and O–H groups in total. The van der Waals surface area contributed by atoms with Crippen LogP contribution in [-0.2, 0) is 0 Å². The molecule has 0 spiro atoms. The van der Waals surface area contributed by atoms with Crippen LogP contribution in [-0.4, -0.2) is 23.0 Å². The number of hydrogen-bond donors (Lipinski definition) is 0. The van der Waals surface area contributed by atoms with Gasteiger partial charge in [-0.15, -0.1) is 0 Å². The van der Waals surface area contributed by atoms with E-state index in [0.717, 1.165) is 0 Å². The molecule has 1 aromatic carbocycles. The van der Waals surface area contributed by atoms with Crippen molar-refractivity contribution in [2.45, 2.75) is 0 Å². The fourth-order valence-electron chi connectivity index (χ4n) is 1.01. The second kappa shape index (κ2) is 5.30. The van der Waals surface area contributed by atoms with Crippen molar-refractivity contribution < 1.29 is 4.79 Å². The van der Waals surface area contributed by atoms with Gasteiger partial charge in [0.25, 0.3) is 5.91 Å². The molecule has 3 nitrogen and oxygen atoms in total. The van der Waals surface area contributed by atoms with Crippen LogP contribution in [0.4, 0.5) is 0 Å². The lowest BCUT2D eigenvalue weighted by atomic mass is 10.2. The second-order valence-electron chi connectivity index (χ2n) is 2.55. The SMILES string of the molecule is CSN(CC#N)C(=O)c1ccccc1. The largest absolute Gasteiger partial charge is 0.268 e. The third kappa shape index (κ3) is 2.51. The van der Waals surface area contributed by atoms with Crippen molar-refractivity contribution in [2.24, 2.45) is 0 Å². The summed E-state index contributed by atoms with van der Waals surface area (Å²) in [7, 11) is 0. The van der Waals surface area contributed by atoms with E-state index >= 15 is 0 Å². The highest BCUT2D eigenvalue weighted by Crippen LogP contribution is 2.11. The van der Waals surface area contributed by atoms with E-state index in [9.17, 15) is 4.79 Å². The summed E-state index contributed by atoms with van der Waals surface area (Å²) < 4.78 is 1.43. The van der Waals surface area contributed by atoms with Crippen molar-refractivity contribution >= 4 is 17.9 Å². The van der Waals surface area contributed by atoms with Gasteiger partial charge in [0.05, 0.1) is 6.07 Å². The van der Waals surface area contributed by atoms with Crippen LogP contribution in [0.3, 0.4) is 0 Å². The van der Waals surface area contributed by atoms with Gasteiger partial charge < -0.3 is 0 Å². The Kier molecular flexibility index (Phi) is 4.02. The van der Waals surface area contributed by atoms with E-state index in [-0.39, 0.29) is 12.5 Å². The lowest BCUT2D eigenvalue weighted by molar-refractivity contribution is 0.0883. The van der Waals surface area contributed by atoms with E-state index in [1.807, 2.05) is 12.1 Å². The maximum Gasteiger partial charge on any atom is 0.264 e. The molecule has 0 atom stereocenters. The molecule has 0 unspecified atom stereocenters. The van der Waals surface area contributed by atoms with Crippen molar-refractivity contribution in [3.8, 4) is 6.07 Å². The van der Waals surface area contributed by atoms with Gasteiger partial charge in [-0.3, -0.25) is 9.10 Å². The molecule has 72 valence electrons. The Morgan fingerprint density at radius 2 is 2.14 bits per heavy atom. The van der Waals surface area contributed by atoms with E-state index in [1.165, 1.54) is 16.3 Å². The van der Waals surface area contributed by atoms with Gasteiger partial charge >= 0.3 is 0 Å². The maximum absolute atomic E-state index is 11.7. The van der Waals surface area contributed by atoms with Crippen LogP contribution in [0.15, 0.2) is 30.3 Å². The molecule has 1 rings (SSSR count). The van der Waals surface area contributed by atoms with Crippen molar-refractivity contribution in [3.05, 3.63) is 35.9 Å². The molecule has 0 aliphatic heterocycles. The lowest BCUT2D eigenvalue weighted by Gasteiger charge is -2.15. The standard InChI is InChI=1S/C10H10N2OS/c1-14-12(8-7-11)10(13)9-5-3-2-4-6-9/h2-6H,8H2,1H3. The minimum Gasteiger partial charge on any atom is -0.268 e. The Hall–Kier alpha value is -1.47. The van der Waals surface area contributed by atoms with Gasteiger partial charge in [-0.25, -0.2) is 0 Å². The zero-order valence-corrected chi connectivity index (χ0v) is 8.62. The number of carbonyl (C=O) groups excluding carboxylic acids is 1. The third-order valence-corrected chi connectivity index (χ3v) is 2.42. The van der Waals surface area contributed by atoms with E-state index in [0.29, 0.717) is 5.56 Å². The molecule has 14 heavy (non-hydrogen) atoms. The molecule has 0 bridgehead atoms. The summed E-state index contributed by atoms with van der Waals surface area (Å²) in [6, 6.07) is 10.9. The number of nitrogens with zero attached hydrogens (tertiary/aromatic N) is 2. The molecule has 0 aliphatic rings. The number of hydrogen-bond acceptors (Lipinski definition) is 3. The Balaban J connectivity index is 2.79. The quantitative estimate of drug-likeness (QED) is 0.560. The Morgan fingerprint density at radius 1 is 1.50 bits per heavy atom. The van der Waals surface area contributed by atoms with Crippen LogP contribution in [0, 0.1) is 11.3 Å². The summed E-state index contributed by atoms with van der Waals surface area (Å²) in [4.78, 5) is 11.7. The molecule has 0 aliphatic carbocycles. The number of amides is 1. The third-order valence-electron chi connectivity index (χ3n) is 1.68. The summed E-state index contributed by atoms with van der Waals surface area (Å²) in [5.74, 6) is -0.125. The van der Waals surface area contributed by atoms with Crippen molar-refractivity contribution in [1.82, 2.24) is 4.31 Å². The van der Waals surface area contributed by atoms with E-state index in [4.69, 9.17) is 5.26 Å². The fraction of sp³-hybridized carbons (Fsp3) is 0.200. The van der Waals surface area contributed by atoms with Crippen LogP contribution in [0.1, 0.15) is 10.4 Å². The zero-order chi connectivity index (χ0) is 10.4. The van der Waals surface area contributed by atoms with E-state index in [1.54, 1.807) is 30.5 Å². The van der Waals surface area contributed by atoms with Gasteiger partial charge in [0.2, 0.25) is 0 Å². The zero-order valence-electron chi connectivity index (χ0n) is 7.80.